The first-order chi connectivity index (χ1) is 7.59. The number of carboxylic acids is 1. The predicted molar refractivity (Wildman–Crippen MR) is 57.7 cm³/mol. The number of carbonyl (C=O) groups is 2. The third-order valence-electron chi connectivity index (χ3n) is 1.75. The molecule has 0 unspecified atom stereocenters. The van der Waals surface area contributed by atoms with Gasteiger partial charge in [0, 0.05) is 11.6 Å². The Bertz CT molecular complexity index is 411. The van der Waals surface area contributed by atoms with Crippen LogP contribution >= 0.6 is 0 Å². The summed E-state index contributed by atoms with van der Waals surface area (Å²) in [5, 5.41) is 19.9. The zero-order chi connectivity index (χ0) is 12.0. The van der Waals surface area contributed by atoms with Gasteiger partial charge in [-0.15, -0.1) is 0 Å². The number of carbonyl (C=O) groups excluding carboxylic acids is 1. The average Bonchev–Trinajstić information content (AvgIpc) is 2.27. The zero-order valence-corrected chi connectivity index (χ0v) is 8.38. The predicted octanol–water partition coefficient (Wildman–Crippen LogP) is 0.786. The van der Waals surface area contributed by atoms with E-state index in [4.69, 9.17) is 5.11 Å². The van der Waals surface area contributed by atoms with Gasteiger partial charge in [0.25, 0.3) is 0 Å². The molecule has 1 amide bonds. The van der Waals surface area contributed by atoms with Crippen molar-refractivity contribution in [3.05, 3.63) is 42.0 Å². The molecule has 3 N–H and O–H groups in total. The van der Waals surface area contributed by atoms with Gasteiger partial charge < -0.3 is 15.5 Å². The molecule has 84 valence electrons. The minimum absolute atomic E-state index is 0.205. The Morgan fingerprint density at radius 2 is 1.81 bits per heavy atom. The van der Waals surface area contributed by atoms with Crippen LogP contribution in [-0.2, 0) is 9.59 Å². The first-order valence-corrected chi connectivity index (χ1v) is 4.55. The molecule has 5 nitrogen and oxygen atoms in total. The van der Waals surface area contributed by atoms with Crippen molar-refractivity contribution < 1.29 is 19.8 Å². The van der Waals surface area contributed by atoms with Crippen LogP contribution in [0.15, 0.2) is 36.4 Å². The lowest BCUT2D eigenvalue weighted by molar-refractivity contribution is -0.137. The highest BCUT2D eigenvalue weighted by Gasteiger charge is 2.03. The number of aliphatic carboxylic acids is 1. The average molecular weight is 221 g/mol. The monoisotopic (exact) mass is 221 g/mol. The maximum absolute atomic E-state index is 11.1. The van der Waals surface area contributed by atoms with Crippen LogP contribution in [0.25, 0.3) is 5.76 Å². The molecule has 1 aromatic carbocycles. The number of hydrogen-bond acceptors (Lipinski definition) is 3. The van der Waals surface area contributed by atoms with E-state index in [9.17, 15) is 14.7 Å². The molecule has 0 aliphatic rings. The molecule has 0 radical (unpaired) electrons. The van der Waals surface area contributed by atoms with Crippen LogP contribution in [-0.4, -0.2) is 28.6 Å². The normalized spacial score (nSPS) is 10.9. The third kappa shape index (κ3) is 3.83. The van der Waals surface area contributed by atoms with Crippen LogP contribution in [0.4, 0.5) is 0 Å². The van der Waals surface area contributed by atoms with Crippen molar-refractivity contribution >= 4 is 17.6 Å². The lowest BCUT2D eigenvalue weighted by Gasteiger charge is -2.00. The molecule has 0 atom stereocenters. The van der Waals surface area contributed by atoms with Crippen molar-refractivity contribution in [3.63, 3.8) is 0 Å². The number of amides is 1. The van der Waals surface area contributed by atoms with E-state index in [1.165, 1.54) is 0 Å². The second-order valence-corrected chi connectivity index (χ2v) is 3.01. The molecule has 0 saturated heterocycles. The number of hydrogen-bond donors (Lipinski definition) is 3. The van der Waals surface area contributed by atoms with Crippen LogP contribution in [0.2, 0.25) is 0 Å². The molecule has 0 bridgehead atoms. The highest BCUT2D eigenvalue weighted by Crippen LogP contribution is 2.09. The van der Waals surface area contributed by atoms with Crippen LogP contribution in [0, 0.1) is 0 Å². The van der Waals surface area contributed by atoms with Gasteiger partial charge in [0.2, 0.25) is 5.91 Å². The summed E-state index contributed by atoms with van der Waals surface area (Å²) in [5.41, 5.74) is 0.493. The number of benzene rings is 1. The summed E-state index contributed by atoms with van der Waals surface area (Å²) < 4.78 is 0. The van der Waals surface area contributed by atoms with Crippen LogP contribution in [0.3, 0.4) is 0 Å². The van der Waals surface area contributed by atoms with Crippen LogP contribution in [0.5, 0.6) is 0 Å². The lowest BCUT2D eigenvalue weighted by Crippen LogP contribution is -2.27. The van der Waals surface area contributed by atoms with Gasteiger partial charge in [0.1, 0.15) is 12.3 Å². The molecule has 0 spiro atoms. The van der Waals surface area contributed by atoms with Crippen molar-refractivity contribution in [3.8, 4) is 0 Å². The Balaban J connectivity index is 2.63. The molecule has 0 aliphatic carbocycles. The van der Waals surface area contributed by atoms with E-state index in [0.29, 0.717) is 5.56 Å². The summed E-state index contributed by atoms with van der Waals surface area (Å²) in [4.78, 5) is 21.3. The van der Waals surface area contributed by atoms with Gasteiger partial charge in [-0.1, -0.05) is 30.3 Å². The second-order valence-electron chi connectivity index (χ2n) is 3.01. The first kappa shape index (κ1) is 11.8. The number of aliphatic hydroxyl groups excluding tert-OH is 1. The van der Waals surface area contributed by atoms with Crippen molar-refractivity contribution in [2.75, 3.05) is 6.54 Å². The zero-order valence-electron chi connectivity index (χ0n) is 8.38. The van der Waals surface area contributed by atoms with Crippen LogP contribution < -0.4 is 5.32 Å². The van der Waals surface area contributed by atoms with E-state index >= 15 is 0 Å². The van der Waals surface area contributed by atoms with Crippen molar-refractivity contribution in [1.29, 1.82) is 0 Å². The molecule has 16 heavy (non-hydrogen) atoms. The molecule has 1 aromatic rings. The number of carboxylic acid groups (broad SMARTS) is 1. The molecule has 0 saturated carbocycles. The Labute approximate surface area is 92.0 Å². The maximum atomic E-state index is 11.1. The van der Waals surface area contributed by atoms with E-state index < -0.39 is 18.4 Å². The van der Waals surface area contributed by atoms with E-state index in [1.807, 2.05) is 0 Å². The molecule has 1 rings (SSSR count). The summed E-state index contributed by atoms with van der Waals surface area (Å²) in [5.74, 6) is -1.99. The summed E-state index contributed by atoms with van der Waals surface area (Å²) in [6.07, 6.45) is 0.943. The lowest BCUT2D eigenvalue weighted by atomic mass is 10.2. The standard InChI is InChI=1S/C11H11NO4/c13-9(8-4-2-1-3-5-8)6-10(14)12-7-11(15)16/h1-6,13H,7H2,(H,12,14)(H,15,16). The van der Waals surface area contributed by atoms with Crippen molar-refractivity contribution in [1.82, 2.24) is 5.32 Å². The molecule has 0 aromatic heterocycles. The van der Waals surface area contributed by atoms with Gasteiger partial charge >= 0.3 is 5.97 Å². The van der Waals surface area contributed by atoms with Crippen molar-refractivity contribution in [2.24, 2.45) is 0 Å². The van der Waals surface area contributed by atoms with E-state index in [2.05, 4.69) is 5.32 Å². The fourth-order valence-corrected chi connectivity index (χ4v) is 1.03. The summed E-state index contributed by atoms with van der Waals surface area (Å²) >= 11 is 0. The number of nitrogens with one attached hydrogen (secondary N) is 1. The summed E-state index contributed by atoms with van der Waals surface area (Å²) in [6, 6.07) is 8.48. The van der Waals surface area contributed by atoms with Gasteiger partial charge in [-0.2, -0.15) is 0 Å². The molecule has 0 heterocycles. The van der Waals surface area contributed by atoms with Gasteiger partial charge in [-0.3, -0.25) is 9.59 Å². The Morgan fingerprint density at radius 1 is 1.19 bits per heavy atom. The highest BCUT2D eigenvalue weighted by molar-refractivity contribution is 5.95. The smallest absolute Gasteiger partial charge is 0.322 e. The van der Waals surface area contributed by atoms with E-state index in [1.54, 1.807) is 30.3 Å². The number of aliphatic hydroxyl groups is 1. The number of rotatable bonds is 4. The minimum Gasteiger partial charge on any atom is -0.507 e. The second kappa shape index (κ2) is 5.55. The van der Waals surface area contributed by atoms with Gasteiger partial charge in [0.15, 0.2) is 0 Å². The Kier molecular flexibility index (Phi) is 4.08. The largest absolute Gasteiger partial charge is 0.507 e. The molecular formula is C11H11NO4. The highest BCUT2D eigenvalue weighted by atomic mass is 16.4. The van der Waals surface area contributed by atoms with Gasteiger partial charge in [0.05, 0.1) is 0 Å². The van der Waals surface area contributed by atoms with E-state index in [-0.39, 0.29) is 5.76 Å². The first-order valence-electron chi connectivity index (χ1n) is 4.55. The summed E-state index contributed by atoms with van der Waals surface area (Å²) in [7, 11) is 0. The molecular weight excluding hydrogens is 210 g/mol. The fourth-order valence-electron chi connectivity index (χ4n) is 1.03. The van der Waals surface area contributed by atoms with Gasteiger partial charge in [-0.25, -0.2) is 0 Å². The van der Waals surface area contributed by atoms with Crippen molar-refractivity contribution in [2.45, 2.75) is 0 Å². The molecule has 0 aliphatic heterocycles. The summed E-state index contributed by atoms with van der Waals surface area (Å²) in [6.45, 7) is -0.475. The van der Waals surface area contributed by atoms with E-state index in [0.717, 1.165) is 6.08 Å². The topological polar surface area (TPSA) is 86.6 Å². The van der Waals surface area contributed by atoms with Gasteiger partial charge in [-0.05, 0) is 0 Å². The molecule has 5 heteroatoms. The molecule has 0 fully saturated rings. The third-order valence-corrected chi connectivity index (χ3v) is 1.75. The Morgan fingerprint density at radius 3 is 2.38 bits per heavy atom. The Hall–Kier alpha value is -2.30. The minimum atomic E-state index is -1.14. The quantitative estimate of drug-likeness (QED) is 0.518. The van der Waals surface area contributed by atoms with Crippen LogP contribution in [0.1, 0.15) is 5.56 Å². The SMILES string of the molecule is O=C(O)CNC(=O)C=C(O)c1ccccc1. The fraction of sp³-hybridized carbons (Fsp3) is 0.0909. The maximum Gasteiger partial charge on any atom is 0.322 e.